The van der Waals surface area contributed by atoms with Crippen LogP contribution >= 0.6 is 0 Å². The van der Waals surface area contributed by atoms with Gasteiger partial charge in [-0.2, -0.15) is 0 Å². The minimum Gasteiger partial charge on any atom is -0.370 e. The van der Waals surface area contributed by atoms with Crippen LogP contribution in [-0.4, -0.2) is 38.0 Å². The average Bonchev–Trinajstić information content (AvgIpc) is 3.09. The molecule has 4 nitrogen and oxygen atoms in total. The highest BCUT2D eigenvalue weighted by molar-refractivity contribution is 7.91. The molecule has 0 saturated carbocycles. The Morgan fingerprint density at radius 3 is 2.82 bits per heavy atom. The Kier molecular flexibility index (Phi) is 3.15. The molecule has 0 amide bonds. The Hall–Kier alpha value is -1.62. The van der Waals surface area contributed by atoms with Gasteiger partial charge in [-0.1, -0.05) is 18.2 Å². The van der Waals surface area contributed by atoms with Crippen LogP contribution in [0.5, 0.6) is 0 Å². The third kappa shape index (κ3) is 2.19. The first-order chi connectivity index (χ1) is 10.6. The highest BCUT2D eigenvalue weighted by Gasteiger charge is 2.33. The van der Waals surface area contributed by atoms with Crippen molar-refractivity contribution < 1.29 is 8.42 Å². The van der Waals surface area contributed by atoms with Gasteiger partial charge in [-0.15, -0.1) is 0 Å². The summed E-state index contributed by atoms with van der Waals surface area (Å²) in [6.45, 7) is 0. The Balaban J connectivity index is 1.87. The smallest absolute Gasteiger partial charge is 0.152 e. The lowest BCUT2D eigenvalue weighted by Crippen LogP contribution is -2.33. The number of aryl methyl sites for hydroxylation is 1. The number of nitrogens with zero attached hydrogens (tertiary/aromatic N) is 2. The summed E-state index contributed by atoms with van der Waals surface area (Å²) in [5.41, 5.74) is 4.75. The molecule has 4 rings (SSSR count). The van der Waals surface area contributed by atoms with E-state index >= 15 is 0 Å². The van der Waals surface area contributed by atoms with E-state index in [2.05, 4.69) is 17.0 Å². The van der Waals surface area contributed by atoms with Gasteiger partial charge in [0.2, 0.25) is 0 Å². The summed E-state index contributed by atoms with van der Waals surface area (Å²) >= 11 is 0. The molecule has 1 aromatic carbocycles. The van der Waals surface area contributed by atoms with E-state index < -0.39 is 9.84 Å². The summed E-state index contributed by atoms with van der Waals surface area (Å²) in [5, 5.41) is 1.15. The molecule has 116 valence electrons. The summed E-state index contributed by atoms with van der Waals surface area (Å²) in [6.07, 6.45) is 3.95. The molecular formula is C17H20N2O2S. The van der Waals surface area contributed by atoms with E-state index in [1.165, 1.54) is 16.9 Å². The van der Waals surface area contributed by atoms with Gasteiger partial charge >= 0.3 is 0 Å². The monoisotopic (exact) mass is 316 g/mol. The molecule has 1 fully saturated rings. The van der Waals surface area contributed by atoms with E-state index in [1.807, 2.05) is 19.2 Å². The summed E-state index contributed by atoms with van der Waals surface area (Å²) < 4.78 is 23.7. The molecule has 1 aliphatic heterocycles. The molecular weight excluding hydrogens is 296 g/mol. The molecule has 2 aromatic rings. The van der Waals surface area contributed by atoms with Gasteiger partial charge in [0.1, 0.15) is 0 Å². The summed E-state index contributed by atoms with van der Waals surface area (Å²) in [5.74, 6) is 0.585. The van der Waals surface area contributed by atoms with Gasteiger partial charge in [0.25, 0.3) is 0 Å². The average molecular weight is 316 g/mol. The fourth-order valence-electron chi connectivity index (χ4n) is 3.85. The minimum absolute atomic E-state index is 0.0838. The number of hydrogen-bond donors (Lipinski definition) is 0. The number of rotatable bonds is 2. The maximum absolute atomic E-state index is 11.8. The van der Waals surface area contributed by atoms with Gasteiger partial charge in [-0.25, -0.2) is 8.42 Å². The Bertz CT molecular complexity index is 845. The van der Waals surface area contributed by atoms with Crippen molar-refractivity contribution in [3.63, 3.8) is 0 Å². The second-order valence-electron chi connectivity index (χ2n) is 6.42. The molecule has 0 bridgehead atoms. The van der Waals surface area contributed by atoms with Crippen molar-refractivity contribution in [3.8, 4) is 0 Å². The van der Waals surface area contributed by atoms with Crippen LogP contribution in [0.2, 0.25) is 0 Å². The SMILES string of the molecule is CN(c1c2c(nc3ccccc13)CCC2)C1CCS(=O)(=O)C1. The van der Waals surface area contributed by atoms with Crippen LogP contribution in [-0.2, 0) is 22.7 Å². The first-order valence-electron chi connectivity index (χ1n) is 7.89. The lowest BCUT2D eigenvalue weighted by atomic mass is 10.0. The molecule has 1 aromatic heterocycles. The second kappa shape index (κ2) is 4.95. The summed E-state index contributed by atoms with van der Waals surface area (Å²) in [6, 6.07) is 8.29. The lowest BCUT2D eigenvalue weighted by molar-refractivity contribution is 0.601. The Morgan fingerprint density at radius 2 is 2.05 bits per heavy atom. The van der Waals surface area contributed by atoms with Crippen LogP contribution in [0.1, 0.15) is 24.1 Å². The zero-order valence-corrected chi connectivity index (χ0v) is 13.6. The highest BCUT2D eigenvalue weighted by atomic mass is 32.2. The number of anilines is 1. The van der Waals surface area contributed by atoms with Gasteiger partial charge in [0.05, 0.1) is 22.7 Å². The summed E-state index contributed by atoms with van der Waals surface area (Å²) in [7, 11) is -0.826. The second-order valence-corrected chi connectivity index (χ2v) is 8.65. The standard InChI is InChI=1S/C17H20N2O2S/c1-19(12-9-10-22(20,21)11-12)17-13-5-2-3-7-15(13)18-16-8-4-6-14(16)17/h2-3,5,7,12H,4,6,8-11H2,1H3. The minimum atomic E-state index is -2.87. The first kappa shape index (κ1) is 14.0. The molecule has 22 heavy (non-hydrogen) atoms. The largest absolute Gasteiger partial charge is 0.370 e. The predicted molar refractivity (Wildman–Crippen MR) is 89.2 cm³/mol. The van der Waals surface area contributed by atoms with E-state index in [1.54, 1.807) is 0 Å². The molecule has 1 saturated heterocycles. The molecule has 0 N–H and O–H groups in total. The van der Waals surface area contributed by atoms with Gasteiger partial charge < -0.3 is 4.90 Å². The fraction of sp³-hybridized carbons (Fsp3) is 0.471. The topological polar surface area (TPSA) is 50.3 Å². The molecule has 1 aliphatic carbocycles. The Labute approximate surface area is 131 Å². The molecule has 2 heterocycles. The maximum Gasteiger partial charge on any atom is 0.152 e. The van der Waals surface area contributed by atoms with Gasteiger partial charge in [0.15, 0.2) is 9.84 Å². The third-order valence-electron chi connectivity index (χ3n) is 5.00. The van der Waals surface area contributed by atoms with Crippen molar-refractivity contribution in [1.29, 1.82) is 0 Å². The van der Waals surface area contributed by atoms with Gasteiger partial charge in [-0.3, -0.25) is 4.98 Å². The molecule has 0 radical (unpaired) electrons. The van der Waals surface area contributed by atoms with Crippen LogP contribution < -0.4 is 4.90 Å². The molecule has 1 unspecified atom stereocenters. The van der Waals surface area contributed by atoms with Crippen molar-refractivity contribution in [2.24, 2.45) is 0 Å². The van der Waals surface area contributed by atoms with Crippen molar-refractivity contribution in [1.82, 2.24) is 4.98 Å². The van der Waals surface area contributed by atoms with E-state index in [4.69, 9.17) is 4.98 Å². The maximum atomic E-state index is 11.8. The molecule has 2 aliphatic rings. The number of pyridine rings is 1. The third-order valence-corrected chi connectivity index (χ3v) is 6.75. The Morgan fingerprint density at radius 1 is 1.23 bits per heavy atom. The molecule has 1 atom stereocenters. The quantitative estimate of drug-likeness (QED) is 0.853. The molecule has 0 spiro atoms. The van der Waals surface area contributed by atoms with E-state index in [0.717, 1.165) is 36.6 Å². The number of benzene rings is 1. The van der Waals surface area contributed by atoms with Crippen LogP contribution in [0.4, 0.5) is 5.69 Å². The normalized spacial score (nSPS) is 22.9. The van der Waals surface area contributed by atoms with E-state index in [0.29, 0.717) is 5.75 Å². The lowest BCUT2D eigenvalue weighted by Gasteiger charge is -2.29. The van der Waals surface area contributed by atoms with E-state index in [-0.39, 0.29) is 11.8 Å². The zero-order chi connectivity index (χ0) is 15.3. The van der Waals surface area contributed by atoms with E-state index in [9.17, 15) is 8.42 Å². The van der Waals surface area contributed by atoms with Gasteiger partial charge in [-0.05, 0) is 37.3 Å². The van der Waals surface area contributed by atoms with Crippen molar-refractivity contribution >= 4 is 26.4 Å². The number of sulfone groups is 1. The first-order valence-corrected chi connectivity index (χ1v) is 9.71. The molecule has 5 heteroatoms. The number of para-hydroxylation sites is 1. The van der Waals surface area contributed by atoms with Crippen LogP contribution in [0.15, 0.2) is 24.3 Å². The highest BCUT2D eigenvalue weighted by Crippen LogP contribution is 2.38. The van der Waals surface area contributed by atoms with Crippen LogP contribution in [0.25, 0.3) is 10.9 Å². The van der Waals surface area contributed by atoms with Crippen LogP contribution in [0.3, 0.4) is 0 Å². The number of fused-ring (bicyclic) bond motifs is 2. The summed E-state index contributed by atoms with van der Waals surface area (Å²) in [4.78, 5) is 7.02. The number of hydrogen-bond acceptors (Lipinski definition) is 4. The van der Waals surface area contributed by atoms with Crippen molar-refractivity contribution in [2.45, 2.75) is 31.7 Å². The van der Waals surface area contributed by atoms with Crippen LogP contribution in [0, 0.1) is 0 Å². The van der Waals surface area contributed by atoms with Crippen molar-refractivity contribution in [2.75, 3.05) is 23.5 Å². The van der Waals surface area contributed by atoms with Gasteiger partial charge in [0, 0.05) is 24.2 Å². The number of aromatic nitrogens is 1. The zero-order valence-electron chi connectivity index (χ0n) is 12.7. The van der Waals surface area contributed by atoms with Crippen molar-refractivity contribution in [3.05, 3.63) is 35.5 Å². The predicted octanol–water partition coefficient (Wildman–Crippen LogP) is 2.35. The fourth-order valence-corrected chi connectivity index (χ4v) is 5.63.